The van der Waals surface area contributed by atoms with E-state index in [4.69, 9.17) is 4.74 Å². The van der Waals surface area contributed by atoms with Crippen LogP contribution in [0.15, 0.2) is 42.5 Å². The monoisotopic (exact) mass is 335 g/mol. The number of esters is 1. The average molecular weight is 335 g/mol. The number of hydrogen-bond donors (Lipinski definition) is 0. The minimum atomic E-state index is -0.117. The third-order valence-corrected chi connectivity index (χ3v) is 5.78. The van der Waals surface area contributed by atoms with Crippen molar-refractivity contribution in [3.8, 4) is 11.1 Å². The van der Waals surface area contributed by atoms with Gasteiger partial charge in [-0.05, 0) is 60.5 Å². The lowest BCUT2D eigenvalue weighted by molar-refractivity contribution is -0.141. The summed E-state index contributed by atoms with van der Waals surface area (Å²) in [7, 11) is 1.47. The predicted molar refractivity (Wildman–Crippen MR) is 99.5 cm³/mol. The Morgan fingerprint density at radius 1 is 1.16 bits per heavy atom. The minimum absolute atomic E-state index is 0.117. The molecule has 1 aliphatic heterocycles. The van der Waals surface area contributed by atoms with Crippen LogP contribution in [0.2, 0.25) is 0 Å². The van der Waals surface area contributed by atoms with E-state index >= 15 is 0 Å². The maximum Gasteiger partial charge on any atom is 0.306 e. The van der Waals surface area contributed by atoms with E-state index in [0.717, 1.165) is 13.1 Å². The van der Waals surface area contributed by atoms with Crippen molar-refractivity contribution < 1.29 is 9.53 Å². The molecular weight excluding hydrogens is 310 g/mol. The molecule has 0 saturated carbocycles. The molecule has 130 valence electrons. The molecule has 2 atom stereocenters. The van der Waals surface area contributed by atoms with Gasteiger partial charge in [-0.2, -0.15) is 0 Å². The second-order valence-corrected chi connectivity index (χ2v) is 7.31. The van der Waals surface area contributed by atoms with E-state index < -0.39 is 0 Å². The summed E-state index contributed by atoms with van der Waals surface area (Å²) in [6, 6.07) is 16.1. The molecule has 1 fully saturated rings. The molecule has 25 heavy (non-hydrogen) atoms. The van der Waals surface area contributed by atoms with Crippen molar-refractivity contribution in [1.29, 1.82) is 0 Å². The van der Waals surface area contributed by atoms with Crippen LogP contribution in [0.4, 0.5) is 0 Å². The fourth-order valence-electron chi connectivity index (χ4n) is 4.46. The number of carbonyl (C=O) groups is 1. The molecule has 2 aromatic carbocycles. The lowest BCUT2D eigenvalue weighted by atomic mass is 9.94. The SMILES string of the molecule is COC(=O)CCN1CCC2C[C@@H]1c1cc(-c3cccc(C)c3)ccc12. The molecule has 0 N–H and O–H groups in total. The molecule has 3 nitrogen and oxygen atoms in total. The third kappa shape index (κ3) is 3.09. The molecule has 0 aromatic heterocycles. The summed E-state index contributed by atoms with van der Waals surface area (Å²) >= 11 is 0. The first-order valence-electron chi connectivity index (χ1n) is 9.17. The van der Waals surface area contributed by atoms with E-state index in [0.29, 0.717) is 18.4 Å². The number of carbonyl (C=O) groups excluding carboxylic acids is 1. The third-order valence-electron chi connectivity index (χ3n) is 5.78. The van der Waals surface area contributed by atoms with E-state index in [1.54, 1.807) is 0 Å². The van der Waals surface area contributed by atoms with E-state index in [1.807, 2.05) is 0 Å². The zero-order chi connectivity index (χ0) is 17.4. The fourth-order valence-corrected chi connectivity index (χ4v) is 4.46. The normalized spacial score (nSPS) is 21.8. The van der Waals surface area contributed by atoms with Crippen LogP contribution in [0, 0.1) is 6.92 Å². The number of hydrogen-bond acceptors (Lipinski definition) is 3. The quantitative estimate of drug-likeness (QED) is 0.773. The van der Waals surface area contributed by atoms with Crippen molar-refractivity contribution in [2.24, 2.45) is 0 Å². The minimum Gasteiger partial charge on any atom is -0.469 e. The number of nitrogens with zero attached hydrogens (tertiary/aromatic N) is 1. The number of benzene rings is 2. The summed E-state index contributed by atoms with van der Waals surface area (Å²) < 4.78 is 4.81. The smallest absolute Gasteiger partial charge is 0.306 e. The highest BCUT2D eigenvalue weighted by Gasteiger charge is 2.38. The topological polar surface area (TPSA) is 29.5 Å². The summed E-state index contributed by atoms with van der Waals surface area (Å²) in [4.78, 5) is 14.0. The predicted octanol–water partition coefficient (Wildman–Crippen LogP) is 4.46. The van der Waals surface area contributed by atoms with Crippen LogP contribution < -0.4 is 0 Å². The lowest BCUT2D eigenvalue weighted by Gasteiger charge is -2.33. The van der Waals surface area contributed by atoms with Crippen molar-refractivity contribution in [1.82, 2.24) is 4.90 Å². The molecule has 4 rings (SSSR count). The molecule has 0 spiro atoms. The van der Waals surface area contributed by atoms with Crippen LogP contribution in [0.1, 0.15) is 47.9 Å². The largest absolute Gasteiger partial charge is 0.469 e. The van der Waals surface area contributed by atoms with Gasteiger partial charge in [-0.1, -0.05) is 42.0 Å². The van der Waals surface area contributed by atoms with Crippen molar-refractivity contribution in [3.63, 3.8) is 0 Å². The van der Waals surface area contributed by atoms with Crippen molar-refractivity contribution in [2.45, 2.75) is 38.1 Å². The number of likely N-dealkylation sites (tertiary alicyclic amines) is 1. The maximum atomic E-state index is 11.5. The van der Waals surface area contributed by atoms with Gasteiger partial charge in [-0.25, -0.2) is 0 Å². The molecule has 2 aliphatic rings. The summed E-state index contributed by atoms with van der Waals surface area (Å²) in [6.07, 6.45) is 2.85. The lowest BCUT2D eigenvalue weighted by Crippen LogP contribution is -2.34. The molecule has 1 heterocycles. The number of fused-ring (bicyclic) bond motifs is 5. The van der Waals surface area contributed by atoms with Crippen molar-refractivity contribution >= 4 is 5.97 Å². The molecule has 1 unspecified atom stereocenters. The van der Waals surface area contributed by atoms with E-state index in [-0.39, 0.29) is 5.97 Å². The van der Waals surface area contributed by atoms with Crippen LogP contribution in [0.3, 0.4) is 0 Å². The Morgan fingerprint density at radius 3 is 2.80 bits per heavy atom. The van der Waals surface area contributed by atoms with E-state index in [1.165, 1.54) is 47.8 Å². The first kappa shape index (κ1) is 16.3. The molecule has 3 heteroatoms. The van der Waals surface area contributed by atoms with E-state index in [2.05, 4.69) is 54.3 Å². The summed E-state index contributed by atoms with van der Waals surface area (Å²) in [5.74, 6) is 0.565. The summed E-state index contributed by atoms with van der Waals surface area (Å²) in [6.45, 7) is 4.00. The van der Waals surface area contributed by atoms with Crippen LogP contribution in [-0.2, 0) is 9.53 Å². The Labute approximate surface area is 149 Å². The van der Waals surface area contributed by atoms with Crippen LogP contribution >= 0.6 is 0 Å². The highest BCUT2D eigenvalue weighted by molar-refractivity contribution is 5.69. The van der Waals surface area contributed by atoms with Crippen molar-refractivity contribution in [2.75, 3.05) is 20.2 Å². The summed E-state index contributed by atoms with van der Waals surface area (Å²) in [5, 5.41) is 0. The van der Waals surface area contributed by atoms with Gasteiger partial charge in [-0.3, -0.25) is 9.69 Å². The first-order chi connectivity index (χ1) is 12.2. The Morgan fingerprint density at radius 2 is 2.00 bits per heavy atom. The first-order valence-corrected chi connectivity index (χ1v) is 9.17. The van der Waals surface area contributed by atoms with Gasteiger partial charge in [0.05, 0.1) is 13.5 Å². The van der Waals surface area contributed by atoms with Crippen LogP contribution in [-0.4, -0.2) is 31.1 Å². The Bertz CT molecular complexity index is 798. The van der Waals surface area contributed by atoms with Crippen LogP contribution in [0.25, 0.3) is 11.1 Å². The number of piperidine rings is 1. The fraction of sp³-hybridized carbons (Fsp3) is 0.409. The molecular formula is C22H25NO2. The van der Waals surface area contributed by atoms with Crippen LogP contribution in [0.5, 0.6) is 0 Å². The Hall–Kier alpha value is -2.13. The van der Waals surface area contributed by atoms with Gasteiger partial charge in [0, 0.05) is 12.6 Å². The second-order valence-electron chi connectivity index (χ2n) is 7.31. The Balaban J connectivity index is 1.62. The number of methoxy groups -OCH3 is 1. The average Bonchev–Trinajstić information content (AvgIpc) is 2.93. The highest BCUT2D eigenvalue weighted by atomic mass is 16.5. The number of rotatable bonds is 4. The zero-order valence-electron chi connectivity index (χ0n) is 15.0. The molecule has 2 bridgehead atoms. The van der Waals surface area contributed by atoms with E-state index in [9.17, 15) is 4.79 Å². The molecule has 1 saturated heterocycles. The zero-order valence-corrected chi connectivity index (χ0v) is 15.0. The maximum absolute atomic E-state index is 11.5. The standard InChI is InChI=1S/C22H25NO2/c1-15-4-3-5-16(12-15)17-6-7-19-18-8-10-23(11-9-22(24)25-2)21(14-18)20(19)13-17/h3-7,12-13,18,21H,8-11,14H2,1-2H3/t18?,21-/m1/s1. The number of ether oxygens (including phenoxy) is 1. The molecule has 1 aliphatic carbocycles. The molecule has 2 aromatic rings. The van der Waals surface area contributed by atoms with Gasteiger partial charge in [-0.15, -0.1) is 0 Å². The highest BCUT2D eigenvalue weighted by Crippen LogP contribution is 2.49. The molecule has 0 radical (unpaired) electrons. The van der Waals surface area contributed by atoms with Gasteiger partial charge >= 0.3 is 5.97 Å². The van der Waals surface area contributed by atoms with Gasteiger partial charge in [0.2, 0.25) is 0 Å². The molecule has 0 amide bonds. The summed E-state index contributed by atoms with van der Waals surface area (Å²) in [5.41, 5.74) is 6.85. The van der Waals surface area contributed by atoms with Gasteiger partial charge in [0.1, 0.15) is 0 Å². The Kier molecular flexibility index (Phi) is 4.34. The van der Waals surface area contributed by atoms with Gasteiger partial charge in [0.15, 0.2) is 0 Å². The van der Waals surface area contributed by atoms with Gasteiger partial charge < -0.3 is 4.74 Å². The van der Waals surface area contributed by atoms with Crippen molar-refractivity contribution in [3.05, 3.63) is 59.2 Å². The second kappa shape index (κ2) is 6.64. The van der Waals surface area contributed by atoms with Gasteiger partial charge in [0.25, 0.3) is 0 Å². The number of aryl methyl sites for hydroxylation is 1.